The van der Waals surface area contributed by atoms with E-state index in [4.69, 9.17) is 4.74 Å². The van der Waals surface area contributed by atoms with Gasteiger partial charge < -0.3 is 15.0 Å². The Morgan fingerprint density at radius 2 is 1.83 bits per heavy atom. The summed E-state index contributed by atoms with van der Waals surface area (Å²) in [7, 11) is 0. The highest BCUT2D eigenvalue weighted by Gasteiger charge is 2.54. The molecule has 1 N–H and O–H groups in total. The fourth-order valence-corrected chi connectivity index (χ4v) is 4.11. The molecule has 2 heterocycles. The van der Waals surface area contributed by atoms with Crippen LogP contribution in [0.5, 0.6) is 0 Å². The van der Waals surface area contributed by atoms with Gasteiger partial charge in [0.2, 0.25) is 11.8 Å². The number of halogens is 1. The van der Waals surface area contributed by atoms with E-state index < -0.39 is 17.6 Å². The number of amides is 3. The van der Waals surface area contributed by atoms with Gasteiger partial charge in [-0.05, 0) is 30.7 Å². The second-order valence-electron chi connectivity index (χ2n) is 8.23. The monoisotopic (exact) mass is 419 g/mol. The number of rotatable bonds is 5. The fourth-order valence-electron chi connectivity index (χ4n) is 4.11. The second kappa shape index (κ2) is 9.12. The number of nitrogens with one attached hydrogen (secondary N) is 1. The first-order chi connectivity index (χ1) is 14.3. The van der Waals surface area contributed by atoms with Crippen molar-refractivity contribution in [2.45, 2.75) is 51.8 Å². The summed E-state index contributed by atoms with van der Waals surface area (Å²) >= 11 is 0. The fraction of sp³-hybridized carbons (Fsp3) is 0.591. The largest absolute Gasteiger partial charge is 0.354 e. The number of hydrogen-bond donors (Lipinski definition) is 1. The quantitative estimate of drug-likeness (QED) is 0.793. The SMILES string of the molecule is CCCNC(=O)C1COC2(CCN(C(=O)C(C)C)CC2)N1C(=O)c1ccc(F)cc1. The Labute approximate surface area is 176 Å². The highest BCUT2D eigenvalue weighted by atomic mass is 19.1. The third kappa shape index (κ3) is 4.33. The summed E-state index contributed by atoms with van der Waals surface area (Å²) in [5.41, 5.74) is -0.650. The van der Waals surface area contributed by atoms with Crippen LogP contribution in [0, 0.1) is 11.7 Å². The van der Waals surface area contributed by atoms with Crippen molar-refractivity contribution in [1.82, 2.24) is 15.1 Å². The van der Waals surface area contributed by atoms with Crippen LogP contribution in [-0.2, 0) is 14.3 Å². The number of hydrogen-bond acceptors (Lipinski definition) is 4. The summed E-state index contributed by atoms with van der Waals surface area (Å²) in [6.07, 6.45) is 1.63. The molecule has 0 radical (unpaired) electrons. The van der Waals surface area contributed by atoms with Gasteiger partial charge in [0, 0.05) is 44.0 Å². The molecule has 1 unspecified atom stereocenters. The van der Waals surface area contributed by atoms with E-state index in [0.29, 0.717) is 38.0 Å². The molecule has 3 rings (SSSR count). The summed E-state index contributed by atoms with van der Waals surface area (Å²) in [5, 5.41) is 2.85. The summed E-state index contributed by atoms with van der Waals surface area (Å²) in [5.74, 6) is -1.10. The van der Waals surface area contributed by atoms with Crippen molar-refractivity contribution < 1.29 is 23.5 Å². The predicted molar refractivity (Wildman–Crippen MR) is 109 cm³/mol. The Balaban J connectivity index is 1.86. The van der Waals surface area contributed by atoms with Crippen LogP contribution in [0.1, 0.15) is 50.4 Å². The van der Waals surface area contributed by atoms with Gasteiger partial charge in [-0.2, -0.15) is 0 Å². The zero-order valence-electron chi connectivity index (χ0n) is 17.8. The molecule has 164 valence electrons. The number of likely N-dealkylation sites (tertiary alicyclic amines) is 1. The number of carbonyl (C=O) groups is 3. The molecule has 2 aliphatic heterocycles. The van der Waals surface area contributed by atoms with E-state index in [1.165, 1.54) is 29.2 Å². The number of carbonyl (C=O) groups excluding carboxylic acids is 3. The molecule has 0 saturated carbocycles. The molecule has 8 heteroatoms. The minimum absolute atomic E-state index is 0.0662. The summed E-state index contributed by atoms with van der Waals surface area (Å²) in [4.78, 5) is 41.9. The summed E-state index contributed by atoms with van der Waals surface area (Å²) in [6.45, 7) is 7.18. The lowest BCUT2D eigenvalue weighted by Crippen LogP contribution is -2.60. The van der Waals surface area contributed by atoms with Crippen molar-refractivity contribution in [2.75, 3.05) is 26.2 Å². The Morgan fingerprint density at radius 1 is 1.20 bits per heavy atom. The average molecular weight is 419 g/mol. The van der Waals surface area contributed by atoms with E-state index in [0.717, 1.165) is 6.42 Å². The number of nitrogens with zero attached hydrogens (tertiary/aromatic N) is 2. The van der Waals surface area contributed by atoms with Gasteiger partial charge in [0.1, 0.15) is 17.6 Å². The molecular formula is C22H30FN3O4. The first-order valence-electron chi connectivity index (χ1n) is 10.6. The van der Waals surface area contributed by atoms with Gasteiger partial charge in [-0.15, -0.1) is 0 Å². The highest BCUT2D eigenvalue weighted by molar-refractivity contribution is 5.98. The zero-order valence-corrected chi connectivity index (χ0v) is 17.8. The van der Waals surface area contributed by atoms with E-state index in [2.05, 4.69) is 5.32 Å². The number of ether oxygens (including phenoxy) is 1. The van der Waals surface area contributed by atoms with Crippen LogP contribution in [0.4, 0.5) is 4.39 Å². The topological polar surface area (TPSA) is 79.0 Å². The smallest absolute Gasteiger partial charge is 0.256 e. The van der Waals surface area contributed by atoms with Crippen molar-refractivity contribution in [1.29, 1.82) is 0 Å². The average Bonchev–Trinajstić information content (AvgIpc) is 3.10. The van der Waals surface area contributed by atoms with Gasteiger partial charge >= 0.3 is 0 Å². The second-order valence-corrected chi connectivity index (χ2v) is 8.23. The summed E-state index contributed by atoms with van der Waals surface area (Å²) < 4.78 is 19.4. The molecule has 0 bridgehead atoms. The molecule has 30 heavy (non-hydrogen) atoms. The van der Waals surface area contributed by atoms with Crippen molar-refractivity contribution in [3.8, 4) is 0 Å². The van der Waals surface area contributed by atoms with Crippen LogP contribution in [0.15, 0.2) is 24.3 Å². The van der Waals surface area contributed by atoms with E-state index in [1.54, 1.807) is 4.90 Å². The van der Waals surface area contributed by atoms with Gasteiger partial charge in [0.25, 0.3) is 5.91 Å². The molecule has 1 aromatic carbocycles. The van der Waals surface area contributed by atoms with Crippen molar-refractivity contribution in [3.63, 3.8) is 0 Å². The third-order valence-electron chi connectivity index (χ3n) is 5.77. The molecule has 7 nitrogen and oxygen atoms in total. The summed E-state index contributed by atoms with van der Waals surface area (Å²) in [6, 6.07) is 4.53. The van der Waals surface area contributed by atoms with Crippen LogP contribution < -0.4 is 5.32 Å². The van der Waals surface area contributed by atoms with E-state index >= 15 is 0 Å². The minimum atomic E-state index is -0.951. The zero-order chi connectivity index (χ0) is 21.9. The van der Waals surface area contributed by atoms with Crippen molar-refractivity contribution in [2.24, 2.45) is 5.92 Å². The molecule has 2 fully saturated rings. The normalized spacial score (nSPS) is 20.6. The predicted octanol–water partition coefficient (Wildman–Crippen LogP) is 2.17. The Bertz CT molecular complexity index is 788. The molecule has 0 aromatic heterocycles. The molecule has 1 spiro atoms. The minimum Gasteiger partial charge on any atom is -0.354 e. The van der Waals surface area contributed by atoms with Crippen molar-refractivity contribution in [3.05, 3.63) is 35.6 Å². The highest BCUT2D eigenvalue weighted by Crippen LogP contribution is 2.38. The molecule has 0 aliphatic carbocycles. The van der Waals surface area contributed by atoms with Crippen LogP contribution >= 0.6 is 0 Å². The van der Waals surface area contributed by atoms with Gasteiger partial charge in [-0.1, -0.05) is 20.8 Å². The third-order valence-corrected chi connectivity index (χ3v) is 5.77. The maximum atomic E-state index is 13.4. The first-order valence-corrected chi connectivity index (χ1v) is 10.6. The molecule has 2 saturated heterocycles. The van der Waals surface area contributed by atoms with Crippen molar-refractivity contribution >= 4 is 17.7 Å². The molecule has 3 amide bonds. The molecule has 1 aromatic rings. The van der Waals surface area contributed by atoms with E-state index in [1.807, 2.05) is 20.8 Å². The Morgan fingerprint density at radius 3 is 2.40 bits per heavy atom. The maximum Gasteiger partial charge on any atom is 0.256 e. The Hall–Kier alpha value is -2.48. The first kappa shape index (κ1) is 22.2. The van der Waals surface area contributed by atoms with Gasteiger partial charge in [0.15, 0.2) is 0 Å². The van der Waals surface area contributed by atoms with Crippen LogP contribution in [0.3, 0.4) is 0 Å². The lowest BCUT2D eigenvalue weighted by molar-refractivity contribution is -0.146. The molecule has 1 atom stereocenters. The Kier molecular flexibility index (Phi) is 6.75. The standard InChI is InChI=1S/C22H30FN3O4/c1-4-11-24-19(27)18-14-30-22(9-12-25(13-10-22)20(28)15(2)3)26(18)21(29)16-5-7-17(23)8-6-16/h5-8,15,18H,4,9-14H2,1-3H3,(H,24,27). The van der Waals surface area contributed by atoms with Crippen LogP contribution in [0.25, 0.3) is 0 Å². The lowest BCUT2D eigenvalue weighted by Gasteiger charge is -2.44. The van der Waals surface area contributed by atoms with E-state index in [-0.39, 0.29) is 30.2 Å². The molecule has 2 aliphatic rings. The van der Waals surface area contributed by atoms with Crippen LogP contribution in [0.2, 0.25) is 0 Å². The molecular weight excluding hydrogens is 389 g/mol. The maximum absolute atomic E-state index is 13.4. The van der Waals surface area contributed by atoms with E-state index in [9.17, 15) is 18.8 Å². The lowest BCUT2D eigenvalue weighted by atomic mass is 9.95. The van der Waals surface area contributed by atoms with Gasteiger partial charge in [-0.3, -0.25) is 19.3 Å². The van der Waals surface area contributed by atoms with Gasteiger partial charge in [-0.25, -0.2) is 4.39 Å². The number of piperidine rings is 1. The van der Waals surface area contributed by atoms with Crippen LogP contribution in [-0.4, -0.2) is 65.5 Å². The van der Waals surface area contributed by atoms with Gasteiger partial charge in [0.05, 0.1) is 6.61 Å². The number of benzene rings is 1.